The summed E-state index contributed by atoms with van der Waals surface area (Å²) >= 11 is 13.7. The maximum absolute atomic E-state index is 6.17. The lowest BCUT2D eigenvalue weighted by molar-refractivity contribution is 0.414. The number of thioether (sulfide) groups is 1. The van der Waals surface area contributed by atoms with E-state index in [2.05, 4.69) is 15.3 Å². The second-order valence-corrected chi connectivity index (χ2v) is 6.56. The van der Waals surface area contributed by atoms with Crippen molar-refractivity contribution in [1.29, 1.82) is 0 Å². The van der Waals surface area contributed by atoms with Gasteiger partial charge in [0.1, 0.15) is 5.75 Å². The third-order valence-corrected chi connectivity index (χ3v) is 4.50. The maximum Gasteiger partial charge on any atom is 0.212 e. The number of hydrogen-bond donors (Lipinski definition) is 0. The van der Waals surface area contributed by atoms with E-state index in [0.717, 1.165) is 5.56 Å². The smallest absolute Gasteiger partial charge is 0.212 e. The first-order valence-corrected chi connectivity index (χ1v) is 9.24. The van der Waals surface area contributed by atoms with Crippen LogP contribution in [0.1, 0.15) is 5.56 Å². The van der Waals surface area contributed by atoms with Crippen LogP contribution in [0.15, 0.2) is 52.7 Å². The maximum atomic E-state index is 6.17. The second kappa shape index (κ2) is 7.91. The SMILES string of the molecule is COc1c(Cl)cc(Cl)cc1/C=N/n1c(SC)nnc1-c1ccccc1. The average molecular weight is 393 g/mol. The standard InChI is InChI=1S/C17H14Cl2N4OS/c1-24-15-12(8-13(18)9-14(15)19)10-20-23-16(21-22-17(23)25-2)11-6-4-3-5-7-11/h3-10H,1-2H3/b20-10+. The lowest BCUT2D eigenvalue weighted by atomic mass is 10.2. The molecule has 0 saturated heterocycles. The van der Waals surface area contributed by atoms with Crippen molar-refractivity contribution in [1.82, 2.24) is 14.9 Å². The van der Waals surface area contributed by atoms with E-state index >= 15 is 0 Å². The molecular formula is C17H14Cl2N4OS. The van der Waals surface area contributed by atoms with E-state index in [1.165, 1.54) is 11.8 Å². The third-order valence-electron chi connectivity index (χ3n) is 3.38. The first-order chi connectivity index (χ1) is 12.1. The molecule has 0 fully saturated rings. The highest BCUT2D eigenvalue weighted by molar-refractivity contribution is 7.98. The molecule has 0 saturated carbocycles. The predicted octanol–water partition coefficient (Wildman–Crippen LogP) is 4.86. The Morgan fingerprint density at radius 1 is 1.16 bits per heavy atom. The van der Waals surface area contributed by atoms with Crippen molar-refractivity contribution in [3.05, 3.63) is 58.1 Å². The van der Waals surface area contributed by atoms with Gasteiger partial charge in [-0.05, 0) is 18.4 Å². The molecule has 0 bridgehead atoms. The summed E-state index contributed by atoms with van der Waals surface area (Å²) in [4.78, 5) is 0. The minimum atomic E-state index is 0.425. The summed E-state index contributed by atoms with van der Waals surface area (Å²) in [6.45, 7) is 0. The molecule has 0 unspecified atom stereocenters. The zero-order valence-corrected chi connectivity index (χ0v) is 15.8. The molecule has 1 heterocycles. The van der Waals surface area contributed by atoms with Gasteiger partial charge in [-0.1, -0.05) is 65.3 Å². The fourth-order valence-corrected chi connectivity index (χ4v) is 3.29. The molecule has 0 amide bonds. The molecule has 5 nitrogen and oxygen atoms in total. The molecule has 2 aromatic carbocycles. The van der Waals surface area contributed by atoms with E-state index in [9.17, 15) is 0 Å². The van der Waals surface area contributed by atoms with Gasteiger partial charge in [0, 0.05) is 16.1 Å². The fourth-order valence-electron chi connectivity index (χ4n) is 2.28. The average Bonchev–Trinajstić information content (AvgIpc) is 3.03. The Morgan fingerprint density at radius 3 is 2.60 bits per heavy atom. The monoisotopic (exact) mass is 392 g/mol. The van der Waals surface area contributed by atoms with Crippen LogP contribution in [0.4, 0.5) is 0 Å². The molecule has 0 N–H and O–H groups in total. The summed E-state index contributed by atoms with van der Waals surface area (Å²) in [7, 11) is 1.55. The molecule has 0 aliphatic rings. The summed E-state index contributed by atoms with van der Waals surface area (Å²) in [6, 6.07) is 13.1. The lowest BCUT2D eigenvalue weighted by Gasteiger charge is -2.08. The molecule has 25 heavy (non-hydrogen) atoms. The molecule has 3 aromatic rings. The molecule has 0 aliphatic heterocycles. The molecule has 0 spiro atoms. The molecule has 0 radical (unpaired) electrons. The first-order valence-electron chi connectivity index (χ1n) is 7.26. The Hall–Kier alpha value is -2.02. The minimum absolute atomic E-state index is 0.425. The number of ether oxygens (including phenoxy) is 1. The van der Waals surface area contributed by atoms with Gasteiger partial charge in [0.05, 0.1) is 18.3 Å². The van der Waals surface area contributed by atoms with Crippen molar-refractivity contribution in [3.8, 4) is 17.1 Å². The van der Waals surface area contributed by atoms with Crippen LogP contribution < -0.4 is 4.74 Å². The van der Waals surface area contributed by atoms with Crippen LogP contribution in [-0.4, -0.2) is 34.5 Å². The molecule has 3 rings (SSSR count). The van der Waals surface area contributed by atoms with Gasteiger partial charge in [-0.15, -0.1) is 10.2 Å². The lowest BCUT2D eigenvalue weighted by Crippen LogP contribution is -1.98. The van der Waals surface area contributed by atoms with E-state index in [0.29, 0.717) is 32.3 Å². The van der Waals surface area contributed by atoms with Gasteiger partial charge in [-0.2, -0.15) is 9.78 Å². The number of methoxy groups -OCH3 is 1. The van der Waals surface area contributed by atoms with Crippen LogP contribution in [0.25, 0.3) is 11.4 Å². The zero-order valence-electron chi connectivity index (χ0n) is 13.5. The number of aromatic nitrogens is 3. The molecule has 128 valence electrons. The topological polar surface area (TPSA) is 52.3 Å². The van der Waals surface area contributed by atoms with E-state index < -0.39 is 0 Å². The Kier molecular flexibility index (Phi) is 5.63. The van der Waals surface area contributed by atoms with Gasteiger partial charge in [-0.25, -0.2) is 0 Å². The number of hydrogen-bond acceptors (Lipinski definition) is 5. The van der Waals surface area contributed by atoms with Crippen LogP contribution in [0.5, 0.6) is 5.75 Å². The van der Waals surface area contributed by atoms with Gasteiger partial charge in [0.25, 0.3) is 0 Å². The predicted molar refractivity (Wildman–Crippen MR) is 103 cm³/mol. The highest BCUT2D eigenvalue weighted by Crippen LogP contribution is 2.31. The van der Waals surface area contributed by atoms with Gasteiger partial charge in [0.2, 0.25) is 5.16 Å². The quantitative estimate of drug-likeness (QED) is 0.459. The zero-order chi connectivity index (χ0) is 17.8. The van der Waals surface area contributed by atoms with Crippen LogP contribution in [0.3, 0.4) is 0 Å². The Bertz CT molecular complexity index is 913. The van der Waals surface area contributed by atoms with E-state index in [1.54, 1.807) is 30.1 Å². The van der Waals surface area contributed by atoms with E-state index in [1.807, 2.05) is 36.6 Å². The fraction of sp³-hybridized carbons (Fsp3) is 0.118. The second-order valence-electron chi connectivity index (χ2n) is 4.94. The van der Waals surface area contributed by atoms with Crippen LogP contribution >= 0.6 is 35.0 Å². The van der Waals surface area contributed by atoms with Crippen LogP contribution in [0.2, 0.25) is 10.0 Å². The first kappa shape index (κ1) is 17.8. The summed E-state index contributed by atoms with van der Waals surface area (Å²) < 4.78 is 7.02. The number of nitrogens with zero attached hydrogens (tertiary/aromatic N) is 4. The van der Waals surface area contributed by atoms with Crippen molar-refractivity contribution in [2.45, 2.75) is 5.16 Å². The Balaban J connectivity index is 2.07. The van der Waals surface area contributed by atoms with Crippen molar-refractivity contribution in [2.75, 3.05) is 13.4 Å². The Labute approximate surface area is 159 Å². The highest BCUT2D eigenvalue weighted by atomic mass is 35.5. The molecule has 1 aromatic heterocycles. The van der Waals surface area contributed by atoms with Crippen molar-refractivity contribution < 1.29 is 4.74 Å². The summed E-state index contributed by atoms with van der Waals surface area (Å²) in [5.74, 6) is 1.16. The molecule has 0 aliphatic carbocycles. The number of benzene rings is 2. The molecule has 8 heteroatoms. The summed E-state index contributed by atoms with van der Waals surface area (Å²) in [5, 5.41) is 14.5. The van der Waals surface area contributed by atoms with Gasteiger partial charge in [-0.3, -0.25) is 0 Å². The minimum Gasteiger partial charge on any atom is -0.495 e. The highest BCUT2D eigenvalue weighted by Gasteiger charge is 2.13. The van der Waals surface area contributed by atoms with Crippen LogP contribution in [0, 0.1) is 0 Å². The molecule has 0 atom stereocenters. The van der Waals surface area contributed by atoms with Gasteiger partial charge < -0.3 is 4.74 Å². The van der Waals surface area contributed by atoms with Crippen LogP contribution in [-0.2, 0) is 0 Å². The number of rotatable bonds is 5. The van der Waals surface area contributed by atoms with Crippen molar-refractivity contribution >= 4 is 41.2 Å². The normalized spacial score (nSPS) is 11.2. The molecular weight excluding hydrogens is 379 g/mol. The van der Waals surface area contributed by atoms with Gasteiger partial charge >= 0.3 is 0 Å². The number of halogens is 2. The summed E-state index contributed by atoms with van der Waals surface area (Å²) in [6.07, 6.45) is 3.55. The van der Waals surface area contributed by atoms with Gasteiger partial charge in [0.15, 0.2) is 5.82 Å². The Morgan fingerprint density at radius 2 is 1.92 bits per heavy atom. The van der Waals surface area contributed by atoms with Crippen molar-refractivity contribution in [2.24, 2.45) is 5.10 Å². The van der Waals surface area contributed by atoms with E-state index in [-0.39, 0.29) is 0 Å². The largest absolute Gasteiger partial charge is 0.495 e. The summed E-state index contributed by atoms with van der Waals surface area (Å²) in [5.41, 5.74) is 1.59. The van der Waals surface area contributed by atoms with E-state index in [4.69, 9.17) is 27.9 Å². The van der Waals surface area contributed by atoms with Crippen molar-refractivity contribution in [3.63, 3.8) is 0 Å². The third kappa shape index (κ3) is 3.81.